The molecule has 0 radical (unpaired) electrons. The van der Waals surface area contributed by atoms with Crippen molar-refractivity contribution in [3.8, 4) is 0 Å². The van der Waals surface area contributed by atoms with Crippen LogP contribution in [0.25, 0.3) is 0 Å². The fraction of sp³-hybridized carbons (Fsp3) is 1.00. The summed E-state index contributed by atoms with van der Waals surface area (Å²) < 4.78 is 10.7. The van der Waals surface area contributed by atoms with Crippen LogP contribution >= 0.6 is 11.6 Å². The highest BCUT2D eigenvalue weighted by molar-refractivity contribution is 6.17. The standard InChI is InChI=1S/C7H13ClO2/c8-4-3-7-9-5-1-2-6-10-7/h7H,1-6H2. The molecular formula is C7H13ClO2. The normalized spacial score (nSPS) is 22.5. The molecule has 0 aliphatic carbocycles. The molecule has 0 N–H and O–H groups in total. The highest BCUT2D eigenvalue weighted by Gasteiger charge is 2.10. The molecular weight excluding hydrogens is 152 g/mol. The van der Waals surface area contributed by atoms with Crippen molar-refractivity contribution in [1.29, 1.82) is 0 Å². The van der Waals surface area contributed by atoms with Crippen molar-refractivity contribution >= 4 is 11.6 Å². The first-order chi connectivity index (χ1) is 4.93. The van der Waals surface area contributed by atoms with Crippen LogP contribution in [0.1, 0.15) is 19.3 Å². The number of hydrogen-bond acceptors (Lipinski definition) is 2. The number of rotatable bonds is 2. The third-order valence-corrected chi connectivity index (χ3v) is 1.71. The smallest absolute Gasteiger partial charge is 0.158 e. The van der Waals surface area contributed by atoms with E-state index in [-0.39, 0.29) is 6.29 Å². The number of hydrogen-bond donors (Lipinski definition) is 0. The summed E-state index contributed by atoms with van der Waals surface area (Å²) in [7, 11) is 0. The molecule has 1 heterocycles. The summed E-state index contributed by atoms with van der Waals surface area (Å²) in [5, 5.41) is 0. The lowest BCUT2D eigenvalue weighted by Crippen LogP contribution is -2.15. The van der Waals surface area contributed by atoms with Crippen LogP contribution in [0.2, 0.25) is 0 Å². The van der Waals surface area contributed by atoms with Gasteiger partial charge in [-0.15, -0.1) is 11.6 Å². The van der Waals surface area contributed by atoms with E-state index in [1.807, 2.05) is 0 Å². The van der Waals surface area contributed by atoms with Crippen molar-refractivity contribution in [1.82, 2.24) is 0 Å². The molecule has 1 aliphatic heterocycles. The van der Waals surface area contributed by atoms with E-state index in [0.717, 1.165) is 32.5 Å². The van der Waals surface area contributed by atoms with Crippen molar-refractivity contribution in [3.63, 3.8) is 0 Å². The van der Waals surface area contributed by atoms with Crippen molar-refractivity contribution in [2.75, 3.05) is 19.1 Å². The highest BCUT2D eigenvalue weighted by atomic mass is 35.5. The molecule has 0 aromatic heterocycles. The molecule has 0 saturated carbocycles. The van der Waals surface area contributed by atoms with E-state index >= 15 is 0 Å². The van der Waals surface area contributed by atoms with Crippen LogP contribution in [0.5, 0.6) is 0 Å². The minimum atomic E-state index is -0.0417. The number of ether oxygens (including phenoxy) is 2. The minimum Gasteiger partial charge on any atom is -0.353 e. The predicted octanol–water partition coefficient (Wildman–Crippen LogP) is 1.77. The fourth-order valence-corrected chi connectivity index (χ4v) is 1.12. The predicted molar refractivity (Wildman–Crippen MR) is 40.3 cm³/mol. The molecule has 3 heteroatoms. The Hall–Kier alpha value is 0.210. The zero-order valence-electron chi connectivity index (χ0n) is 6.01. The molecule has 1 saturated heterocycles. The van der Waals surface area contributed by atoms with Crippen molar-refractivity contribution < 1.29 is 9.47 Å². The summed E-state index contributed by atoms with van der Waals surface area (Å²) in [5.41, 5.74) is 0. The van der Waals surface area contributed by atoms with E-state index in [9.17, 15) is 0 Å². The number of alkyl halides is 1. The maximum absolute atomic E-state index is 5.53. The zero-order chi connectivity index (χ0) is 7.23. The van der Waals surface area contributed by atoms with Crippen LogP contribution in [-0.2, 0) is 9.47 Å². The van der Waals surface area contributed by atoms with E-state index in [4.69, 9.17) is 21.1 Å². The topological polar surface area (TPSA) is 18.5 Å². The van der Waals surface area contributed by atoms with Gasteiger partial charge < -0.3 is 9.47 Å². The van der Waals surface area contributed by atoms with Gasteiger partial charge in [-0.1, -0.05) is 0 Å². The maximum Gasteiger partial charge on any atom is 0.158 e. The van der Waals surface area contributed by atoms with Gasteiger partial charge in [-0.05, 0) is 12.8 Å². The van der Waals surface area contributed by atoms with E-state index in [1.165, 1.54) is 0 Å². The summed E-state index contributed by atoms with van der Waals surface area (Å²) in [6.07, 6.45) is 2.99. The van der Waals surface area contributed by atoms with E-state index in [0.29, 0.717) is 5.88 Å². The molecule has 0 atom stereocenters. The highest BCUT2D eigenvalue weighted by Crippen LogP contribution is 2.09. The molecule has 0 aromatic carbocycles. The second-order valence-electron chi connectivity index (χ2n) is 2.36. The largest absolute Gasteiger partial charge is 0.353 e. The molecule has 1 fully saturated rings. The Morgan fingerprint density at radius 3 is 2.30 bits per heavy atom. The van der Waals surface area contributed by atoms with E-state index in [1.54, 1.807) is 0 Å². The summed E-state index contributed by atoms with van der Waals surface area (Å²) in [4.78, 5) is 0. The van der Waals surface area contributed by atoms with Crippen molar-refractivity contribution in [2.24, 2.45) is 0 Å². The summed E-state index contributed by atoms with van der Waals surface area (Å²) >= 11 is 5.53. The van der Waals surface area contributed by atoms with Gasteiger partial charge >= 0.3 is 0 Å². The lowest BCUT2D eigenvalue weighted by molar-refractivity contribution is -0.126. The molecule has 0 aromatic rings. The van der Waals surface area contributed by atoms with Crippen LogP contribution < -0.4 is 0 Å². The molecule has 0 bridgehead atoms. The molecule has 1 aliphatic rings. The fourth-order valence-electron chi connectivity index (χ4n) is 0.938. The van der Waals surface area contributed by atoms with Gasteiger partial charge in [0.05, 0.1) is 0 Å². The summed E-state index contributed by atoms with van der Waals surface area (Å²) in [6, 6.07) is 0. The minimum absolute atomic E-state index is 0.0417. The first-order valence-corrected chi connectivity index (χ1v) is 4.26. The van der Waals surface area contributed by atoms with Gasteiger partial charge in [0.15, 0.2) is 6.29 Å². The van der Waals surface area contributed by atoms with Crippen LogP contribution in [0.4, 0.5) is 0 Å². The Labute approximate surface area is 66.5 Å². The Bertz CT molecular complexity index is 79.7. The molecule has 0 unspecified atom stereocenters. The van der Waals surface area contributed by atoms with Gasteiger partial charge in [-0.3, -0.25) is 0 Å². The average molecular weight is 165 g/mol. The van der Waals surface area contributed by atoms with E-state index in [2.05, 4.69) is 0 Å². The molecule has 2 nitrogen and oxygen atoms in total. The molecule has 60 valence electrons. The van der Waals surface area contributed by atoms with Gasteiger partial charge in [0.25, 0.3) is 0 Å². The van der Waals surface area contributed by atoms with Crippen molar-refractivity contribution in [3.05, 3.63) is 0 Å². The van der Waals surface area contributed by atoms with E-state index < -0.39 is 0 Å². The average Bonchev–Trinajstić information content (AvgIpc) is 2.17. The first kappa shape index (κ1) is 8.31. The van der Waals surface area contributed by atoms with Crippen LogP contribution in [0, 0.1) is 0 Å². The lowest BCUT2D eigenvalue weighted by atomic mass is 10.3. The third-order valence-electron chi connectivity index (χ3n) is 1.49. The van der Waals surface area contributed by atoms with Gasteiger partial charge in [0.2, 0.25) is 0 Å². The summed E-state index contributed by atoms with van der Waals surface area (Å²) in [5.74, 6) is 0.616. The SMILES string of the molecule is ClCCC1OCCCCO1. The van der Waals surface area contributed by atoms with Crippen molar-refractivity contribution in [2.45, 2.75) is 25.6 Å². The van der Waals surface area contributed by atoms with Gasteiger partial charge in [0, 0.05) is 25.5 Å². The molecule has 0 spiro atoms. The van der Waals surface area contributed by atoms with Gasteiger partial charge in [-0.25, -0.2) is 0 Å². The maximum atomic E-state index is 5.53. The lowest BCUT2D eigenvalue weighted by Gasteiger charge is -2.12. The van der Waals surface area contributed by atoms with Gasteiger partial charge in [0.1, 0.15) is 0 Å². The summed E-state index contributed by atoms with van der Waals surface area (Å²) in [6.45, 7) is 1.64. The first-order valence-electron chi connectivity index (χ1n) is 3.72. The quantitative estimate of drug-likeness (QED) is 0.580. The second-order valence-corrected chi connectivity index (χ2v) is 2.73. The Balaban J connectivity index is 2.15. The molecule has 0 amide bonds. The Morgan fingerprint density at radius 2 is 1.80 bits per heavy atom. The zero-order valence-corrected chi connectivity index (χ0v) is 6.77. The van der Waals surface area contributed by atoms with Gasteiger partial charge in [-0.2, -0.15) is 0 Å². The van der Waals surface area contributed by atoms with Crippen LogP contribution in [0.3, 0.4) is 0 Å². The van der Waals surface area contributed by atoms with Crippen LogP contribution in [-0.4, -0.2) is 25.4 Å². The molecule has 10 heavy (non-hydrogen) atoms. The third kappa shape index (κ3) is 2.86. The van der Waals surface area contributed by atoms with Crippen LogP contribution in [0.15, 0.2) is 0 Å². The second kappa shape index (κ2) is 4.94. The monoisotopic (exact) mass is 164 g/mol. The Morgan fingerprint density at radius 1 is 1.20 bits per heavy atom. The Kier molecular flexibility index (Phi) is 4.10. The molecule has 1 rings (SSSR count). The number of halogens is 1.